The summed E-state index contributed by atoms with van der Waals surface area (Å²) in [6.07, 6.45) is 9.13. The molecule has 0 spiro atoms. The Morgan fingerprint density at radius 2 is 2.05 bits per heavy atom. The van der Waals surface area contributed by atoms with Crippen LogP contribution in [-0.4, -0.2) is 69.0 Å². The number of tetrazole rings is 1. The van der Waals surface area contributed by atoms with E-state index in [0.717, 1.165) is 60.4 Å². The molecular weight excluding hydrogens is 518 g/mol. The number of rotatable bonds is 12. The number of nitrogens with one attached hydrogen (secondary N) is 3. The van der Waals surface area contributed by atoms with Crippen molar-refractivity contribution in [3.8, 4) is 17.3 Å². The molecule has 3 aromatic rings. The summed E-state index contributed by atoms with van der Waals surface area (Å²) in [5.41, 5.74) is 3.88. The van der Waals surface area contributed by atoms with E-state index < -0.39 is 5.41 Å². The molecule has 0 amide bonds. The smallest absolute Gasteiger partial charge is 0.200 e. The molecule has 1 saturated heterocycles. The predicted molar refractivity (Wildman–Crippen MR) is 155 cm³/mol. The maximum absolute atomic E-state index is 9.78. The standard InChI is InChI=1S/C30H41N9O2/c1-21-16-32-25(14-23-6-8-24(9-7-23)34-22(2)17-41-18-29-36-38-39-37-29)15-26(21)27-4-3-5-28(35-27)33-20-30(19-31)10-12-40-13-11-30/h3-5,15-16,22-24,34H,6-14,17-18,20H2,1-2H3,(H,33,35)(H,36,37,38,39)/t22-,23?,24?/m0/s1. The average molecular weight is 560 g/mol. The minimum Gasteiger partial charge on any atom is -0.381 e. The van der Waals surface area contributed by atoms with Crippen molar-refractivity contribution in [2.45, 2.75) is 77.5 Å². The predicted octanol–water partition coefficient (Wildman–Crippen LogP) is 3.99. The van der Waals surface area contributed by atoms with E-state index in [1.165, 1.54) is 12.8 Å². The summed E-state index contributed by atoms with van der Waals surface area (Å²) in [5, 5.41) is 30.7. The molecule has 11 heteroatoms. The molecule has 0 aromatic carbocycles. The summed E-state index contributed by atoms with van der Waals surface area (Å²) in [6.45, 7) is 7.08. The molecule has 5 rings (SSSR count). The summed E-state index contributed by atoms with van der Waals surface area (Å²) < 4.78 is 11.2. The van der Waals surface area contributed by atoms with Gasteiger partial charge in [0.2, 0.25) is 0 Å². The lowest BCUT2D eigenvalue weighted by atomic mass is 9.82. The SMILES string of the molecule is Cc1cnc(CC2CCC(N[C@@H](C)COCc3nn[nH]n3)CC2)cc1-c1cccc(NCC2(C#N)CCOCC2)n1. The fourth-order valence-corrected chi connectivity index (χ4v) is 5.84. The normalized spacial score (nSPS) is 21.2. The molecule has 1 aliphatic carbocycles. The van der Waals surface area contributed by atoms with Crippen LogP contribution < -0.4 is 10.6 Å². The van der Waals surface area contributed by atoms with E-state index in [2.05, 4.69) is 63.3 Å². The Balaban J connectivity index is 1.11. The van der Waals surface area contributed by atoms with E-state index in [0.29, 0.717) is 50.8 Å². The van der Waals surface area contributed by atoms with Crippen LogP contribution in [0.15, 0.2) is 30.5 Å². The van der Waals surface area contributed by atoms with Gasteiger partial charge in [-0.1, -0.05) is 11.3 Å². The van der Waals surface area contributed by atoms with Crippen molar-refractivity contribution in [1.82, 2.24) is 35.9 Å². The van der Waals surface area contributed by atoms with Crippen molar-refractivity contribution in [2.24, 2.45) is 11.3 Å². The van der Waals surface area contributed by atoms with Crippen LogP contribution in [0.2, 0.25) is 0 Å². The Labute approximate surface area is 241 Å². The molecule has 2 aliphatic rings. The van der Waals surface area contributed by atoms with Crippen molar-refractivity contribution in [2.75, 3.05) is 31.7 Å². The number of anilines is 1. The van der Waals surface area contributed by atoms with Crippen LogP contribution in [-0.2, 0) is 22.5 Å². The van der Waals surface area contributed by atoms with E-state index in [1.54, 1.807) is 0 Å². The van der Waals surface area contributed by atoms with Gasteiger partial charge in [-0.3, -0.25) is 4.98 Å². The number of hydrogen-bond donors (Lipinski definition) is 3. The summed E-state index contributed by atoms with van der Waals surface area (Å²) in [4.78, 5) is 9.69. The van der Waals surface area contributed by atoms with Gasteiger partial charge in [0.25, 0.3) is 0 Å². The first-order valence-corrected chi connectivity index (χ1v) is 14.7. The van der Waals surface area contributed by atoms with Crippen LogP contribution in [0.4, 0.5) is 5.82 Å². The summed E-state index contributed by atoms with van der Waals surface area (Å²) in [7, 11) is 0. The molecule has 0 radical (unpaired) electrons. The lowest BCUT2D eigenvalue weighted by Crippen LogP contribution is -2.41. The molecule has 4 heterocycles. The minimum atomic E-state index is -0.397. The molecule has 1 atom stereocenters. The molecular formula is C30H41N9O2. The first-order valence-electron chi connectivity index (χ1n) is 14.7. The van der Waals surface area contributed by atoms with E-state index in [9.17, 15) is 5.26 Å². The fraction of sp³-hybridized carbons (Fsp3) is 0.600. The molecule has 1 aliphatic heterocycles. The van der Waals surface area contributed by atoms with Crippen LogP contribution in [0.25, 0.3) is 11.3 Å². The Bertz CT molecular complexity index is 1280. The van der Waals surface area contributed by atoms with Gasteiger partial charge < -0.3 is 20.1 Å². The highest BCUT2D eigenvalue weighted by atomic mass is 16.5. The Hall–Kier alpha value is -3.46. The molecule has 2 fully saturated rings. The van der Waals surface area contributed by atoms with Gasteiger partial charge in [-0.15, -0.1) is 10.2 Å². The Kier molecular flexibility index (Phi) is 9.88. The number of aryl methyl sites for hydroxylation is 1. The zero-order chi connectivity index (χ0) is 28.5. The summed E-state index contributed by atoms with van der Waals surface area (Å²) in [6, 6.07) is 11.6. The van der Waals surface area contributed by atoms with Crippen molar-refractivity contribution >= 4 is 5.82 Å². The zero-order valence-electron chi connectivity index (χ0n) is 24.1. The maximum Gasteiger partial charge on any atom is 0.200 e. The third-order valence-electron chi connectivity index (χ3n) is 8.33. The van der Waals surface area contributed by atoms with E-state index >= 15 is 0 Å². The number of nitrogens with zero attached hydrogens (tertiary/aromatic N) is 6. The van der Waals surface area contributed by atoms with Crippen molar-refractivity contribution in [3.05, 3.63) is 47.5 Å². The van der Waals surface area contributed by atoms with Crippen LogP contribution in [0.3, 0.4) is 0 Å². The number of H-pyrrole nitrogens is 1. The van der Waals surface area contributed by atoms with Gasteiger partial charge in [-0.05, 0) is 88.5 Å². The fourth-order valence-electron chi connectivity index (χ4n) is 5.84. The van der Waals surface area contributed by atoms with Gasteiger partial charge in [0.15, 0.2) is 5.82 Å². The number of nitriles is 1. The second-order valence-electron chi connectivity index (χ2n) is 11.6. The van der Waals surface area contributed by atoms with Crippen LogP contribution in [0.5, 0.6) is 0 Å². The largest absolute Gasteiger partial charge is 0.381 e. The monoisotopic (exact) mass is 559 g/mol. The molecule has 0 bridgehead atoms. The van der Waals surface area contributed by atoms with Gasteiger partial charge in [0.05, 0.1) is 23.8 Å². The average Bonchev–Trinajstić information content (AvgIpc) is 3.52. The molecule has 0 unspecified atom stereocenters. The molecule has 3 aromatic heterocycles. The molecule has 11 nitrogen and oxygen atoms in total. The van der Waals surface area contributed by atoms with E-state index in [4.69, 9.17) is 19.4 Å². The van der Waals surface area contributed by atoms with Crippen molar-refractivity contribution < 1.29 is 9.47 Å². The second-order valence-corrected chi connectivity index (χ2v) is 11.6. The van der Waals surface area contributed by atoms with Gasteiger partial charge in [-0.25, -0.2) is 4.98 Å². The number of aromatic nitrogens is 6. The molecule has 218 valence electrons. The first kappa shape index (κ1) is 29.0. The van der Waals surface area contributed by atoms with E-state index in [1.807, 2.05) is 18.3 Å². The van der Waals surface area contributed by atoms with Gasteiger partial charge in [0.1, 0.15) is 12.4 Å². The number of hydrogen-bond acceptors (Lipinski definition) is 10. The van der Waals surface area contributed by atoms with Crippen LogP contribution in [0.1, 0.15) is 62.5 Å². The molecule has 41 heavy (non-hydrogen) atoms. The lowest BCUT2D eigenvalue weighted by Gasteiger charge is -2.31. The number of aromatic amines is 1. The van der Waals surface area contributed by atoms with Gasteiger partial charge in [-0.2, -0.15) is 10.5 Å². The highest BCUT2D eigenvalue weighted by Crippen LogP contribution is 2.31. The van der Waals surface area contributed by atoms with Crippen molar-refractivity contribution in [3.63, 3.8) is 0 Å². The highest BCUT2D eigenvalue weighted by molar-refractivity contribution is 5.65. The number of pyridine rings is 2. The van der Waals surface area contributed by atoms with E-state index in [-0.39, 0.29) is 6.04 Å². The maximum atomic E-state index is 9.78. The topological polar surface area (TPSA) is 147 Å². The van der Waals surface area contributed by atoms with Crippen molar-refractivity contribution in [1.29, 1.82) is 5.26 Å². The molecule has 3 N–H and O–H groups in total. The lowest BCUT2D eigenvalue weighted by molar-refractivity contribution is 0.0455. The Morgan fingerprint density at radius 1 is 1.22 bits per heavy atom. The zero-order valence-corrected chi connectivity index (χ0v) is 24.1. The Morgan fingerprint density at radius 3 is 2.80 bits per heavy atom. The first-order chi connectivity index (χ1) is 20.0. The van der Waals surface area contributed by atoms with Gasteiger partial charge in [0, 0.05) is 49.3 Å². The van der Waals surface area contributed by atoms with Crippen LogP contribution >= 0.6 is 0 Å². The third kappa shape index (κ3) is 8.06. The van der Waals surface area contributed by atoms with Crippen LogP contribution in [0, 0.1) is 29.6 Å². The highest BCUT2D eigenvalue weighted by Gasteiger charge is 2.32. The summed E-state index contributed by atoms with van der Waals surface area (Å²) >= 11 is 0. The summed E-state index contributed by atoms with van der Waals surface area (Å²) in [5.74, 6) is 2.00. The third-order valence-corrected chi connectivity index (χ3v) is 8.33. The van der Waals surface area contributed by atoms with Gasteiger partial charge >= 0.3 is 0 Å². The quantitative estimate of drug-likeness (QED) is 0.298. The second kappa shape index (κ2) is 13.9. The number of ether oxygens (including phenoxy) is 2. The minimum absolute atomic E-state index is 0.268. The molecule has 1 saturated carbocycles.